The van der Waals surface area contributed by atoms with Crippen molar-refractivity contribution in [2.45, 2.75) is 6.04 Å². The van der Waals surface area contributed by atoms with Gasteiger partial charge >= 0.3 is 65.9 Å². The minimum absolute atomic E-state index is 0.119. The van der Waals surface area contributed by atoms with E-state index < -0.39 is 0 Å². The van der Waals surface area contributed by atoms with Crippen LogP contribution in [0, 0.1) is 0 Å². The Balaban J connectivity index is 2.37. The third-order valence-electron chi connectivity index (χ3n) is 1.99. The van der Waals surface area contributed by atoms with Crippen molar-refractivity contribution in [3.05, 3.63) is 0 Å². The molecular weight excluding hydrogens is 143 g/mol. The van der Waals surface area contributed by atoms with E-state index in [-0.39, 0.29) is 12.6 Å². The van der Waals surface area contributed by atoms with E-state index in [9.17, 15) is 4.70 Å². The molecule has 0 aromatic carbocycles. The summed E-state index contributed by atoms with van der Waals surface area (Å²) in [6, 6.07) is 0.119. The molecule has 0 aliphatic carbocycles. The Morgan fingerprint density at radius 1 is 1.73 bits per heavy atom. The van der Waals surface area contributed by atoms with Crippen LogP contribution in [0.25, 0.3) is 0 Å². The summed E-state index contributed by atoms with van der Waals surface area (Å²) < 4.78 is 10.2. The second-order valence-corrected chi connectivity index (χ2v) is 2.70. The number of piperazine rings is 1. The van der Waals surface area contributed by atoms with Gasteiger partial charge in [-0.2, -0.15) is 0 Å². The first-order chi connectivity index (χ1) is 5.38. The van der Waals surface area contributed by atoms with E-state index in [0.717, 1.165) is 26.8 Å². The van der Waals surface area contributed by atoms with E-state index >= 15 is 0 Å². The van der Waals surface area contributed by atoms with Crippen molar-refractivity contribution in [3.63, 3.8) is 0 Å². The summed E-state index contributed by atoms with van der Waals surface area (Å²) in [5, 5.41) is 12.0. The molecule has 4 nitrogen and oxygen atoms in total. The van der Waals surface area contributed by atoms with Crippen molar-refractivity contribution < 1.29 is 9.81 Å². The minimum atomic E-state index is 0.119. The fourth-order valence-electron chi connectivity index (χ4n) is 1.32. The van der Waals surface area contributed by atoms with Crippen molar-refractivity contribution in [1.82, 2.24) is 10.2 Å². The molecule has 1 atom stereocenters. The Hall–Kier alpha value is -0.255. The van der Waals surface area contributed by atoms with Crippen LogP contribution in [0.4, 0.5) is 0 Å². The van der Waals surface area contributed by atoms with Crippen LogP contribution < -0.4 is 5.32 Å². The Bertz CT molecular complexity index is 134. The van der Waals surface area contributed by atoms with Crippen LogP contribution >= 0.6 is 0 Å². The van der Waals surface area contributed by atoms with Gasteiger partial charge in [0.15, 0.2) is 0 Å². The van der Waals surface area contributed by atoms with Gasteiger partial charge in [0, 0.05) is 0 Å². The molecule has 5 heteroatoms. The number of nitrogens with one attached hydrogen (secondary N) is 1. The average molecular weight is 156 g/mol. The second kappa shape index (κ2) is 4.59. The molecule has 0 bridgehead atoms. The number of hydrogen-bond acceptors (Lipinski definition) is 4. The first kappa shape index (κ1) is 8.84. The fraction of sp³-hybridized carbons (Fsp3) is 1.00. The second-order valence-electron chi connectivity index (χ2n) is 2.70. The molecule has 0 aromatic rings. The SMILES string of the molecule is O=BCN1CCNCC1CO. The molecule has 62 valence electrons. The molecule has 1 unspecified atom stereocenters. The summed E-state index contributed by atoms with van der Waals surface area (Å²) in [5.41, 5.74) is 0. The standard InChI is InChI=1S/C6H13BN2O2/c10-4-6-3-8-1-2-9(6)5-7-11/h6,8,10H,1-5H2. The van der Waals surface area contributed by atoms with E-state index in [4.69, 9.17) is 5.11 Å². The Morgan fingerprint density at radius 2 is 2.55 bits per heavy atom. The summed E-state index contributed by atoms with van der Waals surface area (Å²) in [4.78, 5) is 1.99. The summed E-state index contributed by atoms with van der Waals surface area (Å²) in [6.07, 6.45) is 0.437. The van der Waals surface area contributed by atoms with Crippen molar-refractivity contribution in [3.8, 4) is 0 Å². The normalized spacial score (nSPS) is 26.5. The van der Waals surface area contributed by atoms with E-state index in [1.54, 1.807) is 0 Å². The van der Waals surface area contributed by atoms with Gasteiger partial charge in [-0.25, -0.2) is 0 Å². The molecule has 1 fully saturated rings. The summed E-state index contributed by atoms with van der Waals surface area (Å²) in [6.45, 7) is 2.67. The van der Waals surface area contributed by atoms with Crippen LogP contribution in [0.15, 0.2) is 0 Å². The molecule has 0 saturated carbocycles. The molecule has 0 amide bonds. The van der Waals surface area contributed by atoms with Crippen molar-refractivity contribution in [1.29, 1.82) is 0 Å². The summed E-state index contributed by atoms with van der Waals surface area (Å²) in [7, 11) is 0.883. The quantitative estimate of drug-likeness (QED) is 0.476. The zero-order valence-electron chi connectivity index (χ0n) is 6.49. The van der Waals surface area contributed by atoms with Crippen molar-refractivity contribution in [2.24, 2.45) is 0 Å². The molecule has 0 radical (unpaired) electrons. The first-order valence-electron chi connectivity index (χ1n) is 3.87. The van der Waals surface area contributed by atoms with E-state index in [2.05, 4.69) is 5.32 Å². The van der Waals surface area contributed by atoms with Gasteiger partial charge in [0.2, 0.25) is 0 Å². The predicted octanol–water partition coefficient (Wildman–Crippen LogP) is -1.74. The average Bonchev–Trinajstić information content (AvgIpc) is 2.06. The maximum absolute atomic E-state index is 10.2. The van der Waals surface area contributed by atoms with Gasteiger partial charge in [-0.3, -0.25) is 0 Å². The van der Waals surface area contributed by atoms with Crippen LogP contribution in [-0.2, 0) is 4.70 Å². The van der Waals surface area contributed by atoms with Gasteiger partial charge in [0.1, 0.15) is 0 Å². The van der Waals surface area contributed by atoms with E-state index in [1.807, 2.05) is 4.90 Å². The van der Waals surface area contributed by atoms with Crippen LogP contribution in [0.5, 0.6) is 0 Å². The zero-order chi connectivity index (χ0) is 8.10. The van der Waals surface area contributed by atoms with Gasteiger partial charge in [-0.15, -0.1) is 0 Å². The maximum atomic E-state index is 10.2. The predicted molar refractivity (Wildman–Crippen MR) is 41.8 cm³/mol. The Labute approximate surface area is 66.8 Å². The third-order valence-corrected chi connectivity index (χ3v) is 1.99. The molecular formula is C6H13BN2O2. The number of aliphatic hydroxyl groups excluding tert-OH is 1. The number of hydrogen-bond donors (Lipinski definition) is 2. The van der Waals surface area contributed by atoms with E-state index in [1.165, 1.54) is 0 Å². The topological polar surface area (TPSA) is 52.6 Å². The fourth-order valence-corrected chi connectivity index (χ4v) is 1.32. The summed E-state index contributed by atoms with van der Waals surface area (Å²) >= 11 is 0. The third kappa shape index (κ3) is 2.36. The molecule has 1 saturated heterocycles. The molecule has 1 aliphatic heterocycles. The molecule has 11 heavy (non-hydrogen) atoms. The van der Waals surface area contributed by atoms with Crippen molar-refractivity contribution >= 4 is 7.15 Å². The van der Waals surface area contributed by atoms with Crippen LogP contribution in [0.1, 0.15) is 0 Å². The van der Waals surface area contributed by atoms with E-state index in [0.29, 0.717) is 6.44 Å². The Kier molecular flexibility index (Phi) is 3.69. The number of aliphatic hydroxyl groups is 1. The number of nitrogens with zero attached hydrogens (tertiary/aromatic N) is 1. The van der Waals surface area contributed by atoms with Gasteiger partial charge < -0.3 is 0 Å². The van der Waals surface area contributed by atoms with Crippen LogP contribution in [-0.4, -0.2) is 55.9 Å². The van der Waals surface area contributed by atoms with Crippen LogP contribution in [0.3, 0.4) is 0 Å². The van der Waals surface area contributed by atoms with Gasteiger partial charge in [0.25, 0.3) is 0 Å². The molecule has 1 heterocycles. The molecule has 2 N–H and O–H groups in total. The first-order valence-corrected chi connectivity index (χ1v) is 3.87. The molecule has 0 aromatic heterocycles. The molecule has 0 spiro atoms. The zero-order valence-corrected chi connectivity index (χ0v) is 6.49. The monoisotopic (exact) mass is 156 g/mol. The summed E-state index contributed by atoms with van der Waals surface area (Å²) in [5.74, 6) is 0. The molecule has 1 rings (SSSR count). The molecule has 1 aliphatic rings. The number of rotatable bonds is 3. The van der Waals surface area contributed by atoms with Gasteiger partial charge in [-0.05, 0) is 0 Å². The van der Waals surface area contributed by atoms with Gasteiger partial charge in [-0.1, -0.05) is 0 Å². The van der Waals surface area contributed by atoms with Crippen molar-refractivity contribution in [2.75, 3.05) is 32.7 Å². The van der Waals surface area contributed by atoms with Crippen LogP contribution in [0.2, 0.25) is 0 Å². The Morgan fingerprint density at radius 3 is 3.18 bits per heavy atom. The van der Waals surface area contributed by atoms with Gasteiger partial charge in [0.05, 0.1) is 0 Å².